The molecule has 2 N–H and O–H groups in total. The van der Waals surface area contributed by atoms with Gasteiger partial charge in [0.25, 0.3) is 5.56 Å². The number of likely N-dealkylation sites (tertiary alicyclic amines) is 1. The maximum Gasteiger partial charge on any atom is 0.258 e. The highest BCUT2D eigenvalue weighted by Crippen LogP contribution is 2.27. The number of rotatable bonds is 4. The van der Waals surface area contributed by atoms with Gasteiger partial charge in [0.2, 0.25) is 0 Å². The fourth-order valence-electron chi connectivity index (χ4n) is 4.55. The number of para-hydroxylation sites is 1. The molecule has 0 radical (unpaired) electrons. The quantitative estimate of drug-likeness (QED) is 0.471. The van der Waals surface area contributed by atoms with Gasteiger partial charge in [-0.2, -0.15) is 0 Å². The van der Waals surface area contributed by atoms with E-state index in [0.29, 0.717) is 17.8 Å². The summed E-state index contributed by atoms with van der Waals surface area (Å²) in [6, 6.07) is 6.97. The largest absolute Gasteiger partial charge is 0.507 e. The van der Waals surface area contributed by atoms with Gasteiger partial charge in [0.1, 0.15) is 11.6 Å². The van der Waals surface area contributed by atoms with Crippen LogP contribution in [0.5, 0.6) is 5.75 Å². The van der Waals surface area contributed by atoms with E-state index < -0.39 is 0 Å². The fourth-order valence-corrected chi connectivity index (χ4v) is 4.55. The van der Waals surface area contributed by atoms with E-state index in [-0.39, 0.29) is 17.2 Å². The second-order valence-corrected chi connectivity index (χ2v) is 8.06. The zero-order valence-corrected chi connectivity index (χ0v) is 16.8. The molecule has 0 atom stereocenters. The van der Waals surface area contributed by atoms with E-state index in [9.17, 15) is 15.1 Å². The molecule has 154 valence electrons. The van der Waals surface area contributed by atoms with E-state index in [1.165, 1.54) is 0 Å². The van der Waals surface area contributed by atoms with Crippen molar-refractivity contribution in [3.8, 4) is 5.75 Å². The molecule has 29 heavy (non-hydrogen) atoms. The van der Waals surface area contributed by atoms with Crippen LogP contribution in [-0.2, 0) is 19.5 Å². The first-order valence-corrected chi connectivity index (χ1v) is 10.4. The number of hydrogen-bond acceptors (Lipinski definition) is 6. The SMILES string of the molecule is Cc1nc2n(c(=O)c1CN1CCC(/C(=N/O)c3ccccc3O)CC1)CCCC2. The Morgan fingerprint density at radius 2 is 1.97 bits per heavy atom. The minimum atomic E-state index is 0.0772. The third kappa shape index (κ3) is 3.92. The number of nitrogens with zero attached hydrogens (tertiary/aromatic N) is 4. The van der Waals surface area contributed by atoms with Crippen LogP contribution >= 0.6 is 0 Å². The van der Waals surface area contributed by atoms with Crippen molar-refractivity contribution >= 4 is 5.71 Å². The average molecular weight is 396 g/mol. The molecular formula is C22H28N4O3. The van der Waals surface area contributed by atoms with Crippen LogP contribution < -0.4 is 5.56 Å². The number of phenolic OH excluding ortho intramolecular Hbond substituents is 1. The van der Waals surface area contributed by atoms with Crippen LogP contribution in [0.3, 0.4) is 0 Å². The smallest absolute Gasteiger partial charge is 0.258 e. The Bertz CT molecular complexity index is 975. The third-order valence-electron chi connectivity index (χ3n) is 6.22. The summed E-state index contributed by atoms with van der Waals surface area (Å²) in [4.78, 5) is 19.9. The number of oxime groups is 1. The topological polar surface area (TPSA) is 91.0 Å². The Kier molecular flexibility index (Phi) is 5.67. The zero-order valence-electron chi connectivity index (χ0n) is 16.8. The van der Waals surface area contributed by atoms with Crippen LogP contribution in [0.15, 0.2) is 34.2 Å². The Morgan fingerprint density at radius 1 is 1.21 bits per heavy atom. The molecule has 1 aromatic carbocycles. The summed E-state index contributed by atoms with van der Waals surface area (Å²) in [6.07, 6.45) is 4.65. The van der Waals surface area contributed by atoms with Gasteiger partial charge in [-0.25, -0.2) is 4.98 Å². The first-order valence-electron chi connectivity index (χ1n) is 10.4. The lowest BCUT2D eigenvalue weighted by molar-refractivity contribution is 0.197. The summed E-state index contributed by atoms with van der Waals surface area (Å²) in [7, 11) is 0. The molecule has 1 saturated heterocycles. The average Bonchev–Trinajstić information content (AvgIpc) is 2.74. The maximum absolute atomic E-state index is 13.0. The molecule has 7 nitrogen and oxygen atoms in total. The first kappa shape index (κ1) is 19.6. The zero-order chi connectivity index (χ0) is 20.4. The molecule has 3 heterocycles. The fraction of sp³-hybridized carbons (Fsp3) is 0.500. The van der Waals surface area contributed by atoms with E-state index in [2.05, 4.69) is 10.1 Å². The third-order valence-corrected chi connectivity index (χ3v) is 6.22. The number of aromatic hydroxyl groups is 1. The van der Waals surface area contributed by atoms with Crippen LogP contribution in [0.25, 0.3) is 0 Å². The van der Waals surface area contributed by atoms with Crippen molar-refractivity contribution in [1.29, 1.82) is 0 Å². The van der Waals surface area contributed by atoms with Gasteiger partial charge < -0.3 is 10.3 Å². The van der Waals surface area contributed by atoms with Crippen molar-refractivity contribution in [2.24, 2.45) is 11.1 Å². The Labute approximate surface area is 170 Å². The Hall–Kier alpha value is -2.67. The lowest BCUT2D eigenvalue weighted by Crippen LogP contribution is -2.39. The standard InChI is InChI=1S/C22H28N4O3/c1-15-18(22(28)26-11-5-4-8-20(26)23-15)14-25-12-9-16(10-13-25)21(24-29)17-6-2-3-7-19(17)27/h2-3,6-7,16,27,29H,4-5,8-14H2,1H3/b24-21-. The van der Waals surface area contributed by atoms with Crippen molar-refractivity contribution in [2.45, 2.75) is 52.1 Å². The monoisotopic (exact) mass is 396 g/mol. The van der Waals surface area contributed by atoms with E-state index in [1.54, 1.807) is 18.2 Å². The molecule has 0 unspecified atom stereocenters. The van der Waals surface area contributed by atoms with Crippen LogP contribution in [0.4, 0.5) is 0 Å². The predicted molar refractivity (Wildman–Crippen MR) is 111 cm³/mol. The number of benzene rings is 1. The number of fused-ring (bicyclic) bond motifs is 1. The highest BCUT2D eigenvalue weighted by atomic mass is 16.4. The maximum atomic E-state index is 13.0. The Morgan fingerprint density at radius 3 is 2.69 bits per heavy atom. The van der Waals surface area contributed by atoms with Gasteiger partial charge in [0.15, 0.2) is 0 Å². The number of aromatic nitrogens is 2. The van der Waals surface area contributed by atoms with Crippen LogP contribution in [0.1, 0.15) is 48.3 Å². The molecule has 0 saturated carbocycles. The van der Waals surface area contributed by atoms with Crippen LogP contribution in [0.2, 0.25) is 0 Å². The number of aryl methyl sites for hydroxylation is 2. The molecule has 0 spiro atoms. The van der Waals surface area contributed by atoms with Crippen molar-refractivity contribution in [2.75, 3.05) is 13.1 Å². The highest BCUT2D eigenvalue weighted by molar-refractivity contribution is 6.04. The van der Waals surface area contributed by atoms with Gasteiger partial charge in [-0.1, -0.05) is 17.3 Å². The highest BCUT2D eigenvalue weighted by Gasteiger charge is 2.27. The molecule has 0 amide bonds. The van der Waals surface area contributed by atoms with Crippen molar-refractivity contribution in [3.63, 3.8) is 0 Å². The molecule has 0 bridgehead atoms. The number of phenols is 1. The lowest BCUT2D eigenvalue weighted by atomic mass is 9.87. The summed E-state index contributed by atoms with van der Waals surface area (Å²) in [5, 5.41) is 23.2. The summed E-state index contributed by atoms with van der Waals surface area (Å²) in [5.74, 6) is 1.13. The van der Waals surface area contributed by atoms with E-state index in [0.717, 1.165) is 68.8 Å². The minimum Gasteiger partial charge on any atom is -0.507 e. The van der Waals surface area contributed by atoms with Gasteiger partial charge in [-0.3, -0.25) is 14.3 Å². The second-order valence-electron chi connectivity index (χ2n) is 8.06. The predicted octanol–water partition coefficient (Wildman–Crippen LogP) is 2.68. The van der Waals surface area contributed by atoms with Crippen molar-refractivity contribution in [3.05, 3.63) is 57.3 Å². The van der Waals surface area contributed by atoms with Gasteiger partial charge in [-0.15, -0.1) is 0 Å². The molecule has 1 aromatic heterocycles. The van der Waals surface area contributed by atoms with Crippen LogP contribution in [-0.4, -0.2) is 43.6 Å². The van der Waals surface area contributed by atoms with Gasteiger partial charge in [0, 0.05) is 36.7 Å². The number of hydrogen-bond donors (Lipinski definition) is 2. The van der Waals surface area contributed by atoms with Gasteiger partial charge >= 0.3 is 0 Å². The number of piperidine rings is 1. The van der Waals surface area contributed by atoms with E-state index in [4.69, 9.17) is 4.98 Å². The molecule has 1 fully saturated rings. The van der Waals surface area contributed by atoms with Crippen molar-refractivity contribution < 1.29 is 10.3 Å². The minimum absolute atomic E-state index is 0.0772. The van der Waals surface area contributed by atoms with Gasteiger partial charge in [0.05, 0.1) is 11.3 Å². The van der Waals surface area contributed by atoms with E-state index in [1.807, 2.05) is 17.6 Å². The molecule has 0 aliphatic carbocycles. The summed E-state index contributed by atoms with van der Waals surface area (Å²) in [6.45, 7) is 4.92. The summed E-state index contributed by atoms with van der Waals surface area (Å²) >= 11 is 0. The first-order chi connectivity index (χ1) is 14.1. The molecule has 2 aliphatic heterocycles. The normalized spacial score (nSPS) is 18.6. The molecule has 2 aliphatic rings. The van der Waals surface area contributed by atoms with E-state index >= 15 is 0 Å². The molecular weight excluding hydrogens is 368 g/mol. The van der Waals surface area contributed by atoms with Gasteiger partial charge in [-0.05, 0) is 57.8 Å². The Balaban J connectivity index is 1.46. The second kappa shape index (κ2) is 8.37. The summed E-state index contributed by atoms with van der Waals surface area (Å²) in [5.41, 5.74) is 2.87. The molecule has 4 rings (SSSR count). The molecule has 7 heteroatoms. The summed E-state index contributed by atoms with van der Waals surface area (Å²) < 4.78 is 1.85. The van der Waals surface area contributed by atoms with Crippen LogP contribution in [0, 0.1) is 12.8 Å². The molecule has 2 aromatic rings. The van der Waals surface area contributed by atoms with Crippen molar-refractivity contribution in [1.82, 2.24) is 14.5 Å². The lowest BCUT2D eigenvalue weighted by Gasteiger charge is -2.32.